The minimum Gasteiger partial charge on any atom is -0.0847 e. The average molecular weight is 242 g/mol. The van der Waals surface area contributed by atoms with Crippen LogP contribution in [-0.2, 0) is 6.42 Å². The summed E-state index contributed by atoms with van der Waals surface area (Å²) in [7, 11) is 0. The Morgan fingerprint density at radius 1 is 1.28 bits per heavy atom. The van der Waals surface area contributed by atoms with E-state index in [2.05, 4.69) is 71.0 Å². The Labute approximate surface area is 112 Å². The normalized spacial score (nSPS) is 14.2. The smallest absolute Gasteiger partial charge is 0.00211 e. The Hall–Kier alpha value is -1.30. The maximum Gasteiger partial charge on any atom is 0.00211 e. The third-order valence-electron chi connectivity index (χ3n) is 3.63. The number of benzene rings is 1. The average Bonchev–Trinajstić information content (AvgIpc) is 2.40. The van der Waals surface area contributed by atoms with Gasteiger partial charge in [0.05, 0.1) is 0 Å². The van der Waals surface area contributed by atoms with Crippen molar-refractivity contribution in [2.45, 2.75) is 53.4 Å². The maximum atomic E-state index is 2.34. The summed E-state index contributed by atoms with van der Waals surface area (Å²) in [5, 5.41) is 0. The van der Waals surface area contributed by atoms with Crippen molar-refractivity contribution in [3.8, 4) is 0 Å². The highest BCUT2D eigenvalue weighted by Crippen LogP contribution is 2.25. The SMILES string of the molecule is C/C=C(C)\C=C/C(CC)c1ccc(CC)cc1C. The van der Waals surface area contributed by atoms with E-state index < -0.39 is 0 Å². The molecule has 0 aliphatic carbocycles. The van der Waals surface area contributed by atoms with Crippen LogP contribution in [0.15, 0.2) is 42.0 Å². The van der Waals surface area contributed by atoms with Crippen molar-refractivity contribution in [2.24, 2.45) is 0 Å². The van der Waals surface area contributed by atoms with Gasteiger partial charge in [-0.15, -0.1) is 0 Å². The molecule has 1 aromatic carbocycles. The van der Waals surface area contributed by atoms with Gasteiger partial charge in [-0.3, -0.25) is 0 Å². The van der Waals surface area contributed by atoms with E-state index in [1.54, 1.807) is 0 Å². The second kappa shape index (κ2) is 7.20. The van der Waals surface area contributed by atoms with Crippen LogP contribution < -0.4 is 0 Å². The lowest BCUT2D eigenvalue weighted by Gasteiger charge is -2.15. The van der Waals surface area contributed by atoms with Crippen molar-refractivity contribution in [3.05, 3.63) is 58.7 Å². The highest BCUT2D eigenvalue weighted by Gasteiger charge is 2.08. The minimum atomic E-state index is 0.533. The second-order valence-corrected chi connectivity index (χ2v) is 4.95. The third kappa shape index (κ3) is 3.87. The first kappa shape index (κ1) is 14.8. The fourth-order valence-corrected chi connectivity index (χ4v) is 2.20. The van der Waals surface area contributed by atoms with E-state index >= 15 is 0 Å². The minimum absolute atomic E-state index is 0.533. The van der Waals surface area contributed by atoms with Gasteiger partial charge in [-0.25, -0.2) is 0 Å². The van der Waals surface area contributed by atoms with Crippen molar-refractivity contribution in [2.75, 3.05) is 0 Å². The van der Waals surface area contributed by atoms with E-state index in [4.69, 9.17) is 0 Å². The van der Waals surface area contributed by atoms with Gasteiger partial charge >= 0.3 is 0 Å². The molecule has 0 saturated carbocycles. The van der Waals surface area contributed by atoms with Crippen molar-refractivity contribution < 1.29 is 0 Å². The first-order valence-electron chi connectivity index (χ1n) is 7.02. The van der Waals surface area contributed by atoms with E-state index in [-0.39, 0.29) is 0 Å². The Morgan fingerprint density at radius 2 is 2.00 bits per heavy atom. The molecule has 0 bridgehead atoms. The molecule has 0 N–H and O–H groups in total. The molecule has 98 valence electrons. The lowest BCUT2D eigenvalue weighted by Crippen LogP contribution is -1.98. The number of allylic oxidation sites excluding steroid dienone is 4. The summed E-state index contributed by atoms with van der Waals surface area (Å²) >= 11 is 0. The van der Waals surface area contributed by atoms with E-state index in [0.717, 1.165) is 12.8 Å². The summed E-state index contributed by atoms with van der Waals surface area (Å²) in [5.41, 5.74) is 5.65. The van der Waals surface area contributed by atoms with Gasteiger partial charge in [0.25, 0.3) is 0 Å². The monoisotopic (exact) mass is 242 g/mol. The van der Waals surface area contributed by atoms with E-state index in [1.807, 2.05) is 0 Å². The van der Waals surface area contributed by atoms with Crippen LogP contribution in [-0.4, -0.2) is 0 Å². The molecule has 0 heterocycles. The zero-order valence-electron chi connectivity index (χ0n) is 12.5. The van der Waals surface area contributed by atoms with Crippen LogP contribution in [0.5, 0.6) is 0 Å². The third-order valence-corrected chi connectivity index (χ3v) is 3.63. The molecule has 1 atom stereocenters. The van der Waals surface area contributed by atoms with E-state index in [1.165, 1.54) is 22.3 Å². The lowest BCUT2D eigenvalue weighted by molar-refractivity contribution is 0.797. The predicted octanol–water partition coefficient (Wildman–Crippen LogP) is 5.57. The number of rotatable bonds is 5. The Bertz CT molecular complexity index is 435. The quantitative estimate of drug-likeness (QED) is 0.592. The second-order valence-electron chi connectivity index (χ2n) is 4.95. The largest absolute Gasteiger partial charge is 0.0847 e. The van der Waals surface area contributed by atoms with E-state index in [0.29, 0.717) is 5.92 Å². The van der Waals surface area contributed by atoms with Crippen LogP contribution in [0.1, 0.15) is 56.7 Å². The molecular weight excluding hydrogens is 216 g/mol. The number of hydrogen-bond acceptors (Lipinski definition) is 0. The molecule has 1 unspecified atom stereocenters. The number of aryl methyl sites for hydroxylation is 2. The Balaban J connectivity index is 2.99. The van der Waals surface area contributed by atoms with Gasteiger partial charge in [-0.05, 0) is 50.3 Å². The van der Waals surface area contributed by atoms with Crippen LogP contribution in [0.2, 0.25) is 0 Å². The molecule has 1 rings (SSSR count). The molecule has 0 aromatic heterocycles. The molecule has 0 nitrogen and oxygen atoms in total. The summed E-state index contributed by atoms with van der Waals surface area (Å²) in [6, 6.07) is 6.90. The summed E-state index contributed by atoms with van der Waals surface area (Å²) in [4.78, 5) is 0. The predicted molar refractivity (Wildman–Crippen MR) is 82.2 cm³/mol. The summed E-state index contributed by atoms with van der Waals surface area (Å²) in [6.07, 6.45) is 8.99. The molecule has 1 aromatic rings. The van der Waals surface area contributed by atoms with Crippen molar-refractivity contribution in [3.63, 3.8) is 0 Å². The molecular formula is C18H26. The standard InChI is InChI=1S/C18H26/c1-6-14(4)9-11-17(8-3)18-12-10-16(7-2)13-15(18)5/h6,9-13,17H,7-8H2,1-5H3/b11-9-,14-6-. The van der Waals surface area contributed by atoms with Gasteiger partial charge in [-0.1, -0.05) is 55.8 Å². The van der Waals surface area contributed by atoms with Crippen LogP contribution >= 0.6 is 0 Å². The van der Waals surface area contributed by atoms with Crippen LogP contribution in [0.4, 0.5) is 0 Å². The fourth-order valence-electron chi connectivity index (χ4n) is 2.20. The zero-order chi connectivity index (χ0) is 13.5. The summed E-state index contributed by atoms with van der Waals surface area (Å²) in [5.74, 6) is 0.533. The van der Waals surface area contributed by atoms with Crippen molar-refractivity contribution >= 4 is 0 Å². The van der Waals surface area contributed by atoms with Gasteiger partial charge in [0.15, 0.2) is 0 Å². The first-order valence-corrected chi connectivity index (χ1v) is 7.02. The lowest BCUT2D eigenvalue weighted by atomic mass is 9.90. The molecule has 0 aliphatic rings. The molecule has 0 amide bonds. The highest BCUT2D eigenvalue weighted by atomic mass is 14.1. The molecule has 0 radical (unpaired) electrons. The highest BCUT2D eigenvalue weighted by molar-refractivity contribution is 5.36. The summed E-state index contributed by atoms with van der Waals surface area (Å²) in [6.45, 7) is 10.9. The van der Waals surface area contributed by atoms with Crippen LogP contribution in [0, 0.1) is 6.92 Å². The molecule has 0 spiro atoms. The molecule has 0 heteroatoms. The van der Waals surface area contributed by atoms with Gasteiger partial charge in [0.1, 0.15) is 0 Å². The Morgan fingerprint density at radius 3 is 2.50 bits per heavy atom. The fraction of sp³-hybridized carbons (Fsp3) is 0.444. The van der Waals surface area contributed by atoms with E-state index in [9.17, 15) is 0 Å². The van der Waals surface area contributed by atoms with Gasteiger partial charge in [-0.2, -0.15) is 0 Å². The van der Waals surface area contributed by atoms with Gasteiger partial charge in [0.2, 0.25) is 0 Å². The maximum absolute atomic E-state index is 2.34. The van der Waals surface area contributed by atoms with Crippen molar-refractivity contribution in [1.82, 2.24) is 0 Å². The first-order chi connectivity index (χ1) is 8.62. The number of hydrogen-bond donors (Lipinski definition) is 0. The molecule has 18 heavy (non-hydrogen) atoms. The van der Waals surface area contributed by atoms with Gasteiger partial charge in [0, 0.05) is 5.92 Å². The van der Waals surface area contributed by atoms with Crippen molar-refractivity contribution in [1.29, 1.82) is 0 Å². The zero-order valence-corrected chi connectivity index (χ0v) is 12.5. The molecule has 0 fully saturated rings. The topological polar surface area (TPSA) is 0 Å². The molecule has 0 saturated heterocycles. The Kier molecular flexibility index (Phi) is 5.91. The van der Waals surface area contributed by atoms with Crippen LogP contribution in [0.3, 0.4) is 0 Å². The van der Waals surface area contributed by atoms with Gasteiger partial charge < -0.3 is 0 Å². The van der Waals surface area contributed by atoms with Crippen LogP contribution in [0.25, 0.3) is 0 Å². The summed E-state index contributed by atoms with van der Waals surface area (Å²) < 4.78 is 0. The molecule has 0 aliphatic heterocycles.